The van der Waals surface area contributed by atoms with Crippen molar-refractivity contribution in [3.63, 3.8) is 0 Å². The van der Waals surface area contributed by atoms with Gasteiger partial charge in [-0.15, -0.1) is 0 Å². The van der Waals surface area contributed by atoms with E-state index < -0.39 is 12.0 Å². The van der Waals surface area contributed by atoms with Crippen LogP contribution in [0, 0.1) is 0 Å². The topological polar surface area (TPSA) is 83.6 Å². The summed E-state index contributed by atoms with van der Waals surface area (Å²) < 4.78 is 0. The van der Waals surface area contributed by atoms with Crippen LogP contribution in [0.3, 0.4) is 0 Å². The van der Waals surface area contributed by atoms with Gasteiger partial charge in [0.2, 0.25) is 0 Å². The maximum atomic E-state index is 10.7. The van der Waals surface area contributed by atoms with Crippen molar-refractivity contribution in [1.29, 1.82) is 0 Å². The molecule has 1 unspecified atom stereocenters. The van der Waals surface area contributed by atoms with Gasteiger partial charge in [0.1, 0.15) is 11.8 Å². The molecule has 4 heteroatoms. The fourth-order valence-electron chi connectivity index (χ4n) is 1.65. The van der Waals surface area contributed by atoms with Crippen molar-refractivity contribution in [1.82, 2.24) is 0 Å². The summed E-state index contributed by atoms with van der Waals surface area (Å²) in [5, 5.41) is 18.5. The van der Waals surface area contributed by atoms with Crippen LogP contribution in [0.1, 0.15) is 31.9 Å². The van der Waals surface area contributed by atoms with E-state index in [0.29, 0.717) is 0 Å². The van der Waals surface area contributed by atoms with Crippen molar-refractivity contribution in [2.24, 2.45) is 5.73 Å². The monoisotopic (exact) mass is 237 g/mol. The second-order valence-electron chi connectivity index (χ2n) is 5.25. The van der Waals surface area contributed by atoms with E-state index in [9.17, 15) is 9.90 Å². The van der Waals surface area contributed by atoms with Crippen LogP contribution >= 0.6 is 0 Å². The molecule has 1 aromatic rings. The van der Waals surface area contributed by atoms with Gasteiger partial charge in [-0.25, -0.2) is 0 Å². The van der Waals surface area contributed by atoms with E-state index in [1.54, 1.807) is 12.1 Å². The molecule has 1 rings (SSSR count). The molecular weight excluding hydrogens is 218 g/mol. The minimum absolute atomic E-state index is 0.187. The Hall–Kier alpha value is -1.55. The number of aromatic hydroxyl groups is 1. The molecule has 0 saturated carbocycles. The van der Waals surface area contributed by atoms with E-state index in [2.05, 4.69) is 0 Å². The molecule has 0 saturated heterocycles. The van der Waals surface area contributed by atoms with Gasteiger partial charge < -0.3 is 15.9 Å². The van der Waals surface area contributed by atoms with Crippen LogP contribution < -0.4 is 5.73 Å². The number of benzene rings is 1. The van der Waals surface area contributed by atoms with Crippen molar-refractivity contribution in [2.75, 3.05) is 0 Å². The first-order valence-electron chi connectivity index (χ1n) is 5.52. The van der Waals surface area contributed by atoms with E-state index in [1.807, 2.05) is 26.8 Å². The Kier molecular flexibility index (Phi) is 3.78. The van der Waals surface area contributed by atoms with Crippen LogP contribution in [0.4, 0.5) is 0 Å². The Morgan fingerprint density at radius 2 is 2.00 bits per heavy atom. The first-order valence-corrected chi connectivity index (χ1v) is 5.52. The molecule has 17 heavy (non-hydrogen) atoms. The summed E-state index contributed by atoms with van der Waals surface area (Å²) in [5.74, 6) is -0.791. The molecule has 0 fully saturated rings. The number of nitrogens with two attached hydrogens (primary N) is 1. The van der Waals surface area contributed by atoms with Crippen LogP contribution in [0.2, 0.25) is 0 Å². The second kappa shape index (κ2) is 4.75. The smallest absolute Gasteiger partial charge is 0.320 e. The van der Waals surface area contributed by atoms with Gasteiger partial charge in [-0.2, -0.15) is 0 Å². The number of aliphatic carboxylic acids is 1. The Bertz CT molecular complexity index is 421. The lowest BCUT2D eigenvalue weighted by molar-refractivity contribution is -0.138. The normalized spacial score (nSPS) is 13.4. The van der Waals surface area contributed by atoms with Crippen molar-refractivity contribution in [3.8, 4) is 5.75 Å². The first kappa shape index (κ1) is 13.5. The number of rotatable bonds is 3. The largest absolute Gasteiger partial charge is 0.508 e. The van der Waals surface area contributed by atoms with Gasteiger partial charge in [0.15, 0.2) is 0 Å². The number of carbonyl (C=O) groups is 1. The quantitative estimate of drug-likeness (QED) is 0.746. The van der Waals surface area contributed by atoms with Crippen molar-refractivity contribution >= 4 is 5.97 Å². The summed E-state index contributed by atoms with van der Waals surface area (Å²) in [5.41, 5.74) is 6.92. The van der Waals surface area contributed by atoms with Crippen molar-refractivity contribution in [3.05, 3.63) is 29.3 Å². The number of carboxylic acids is 1. The Morgan fingerprint density at radius 3 is 2.47 bits per heavy atom. The summed E-state index contributed by atoms with van der Waals surface area (Å²) in [7, 11) is 0. The highest BCUT2D eigenvalue weighted by atomic mass is 16.4. The summed E-state index contributed by atoms with van der Waals surface area (Å²) in [6.45, 7) is 5.97. The first-order chi connectivity index (χ1) is 7.71. The van der Waals surface area contributed by atoms with E-state index in [0.717, 1.165) is 11.1 Å². The minimum Gasteiger partial charge on any atom is -0.508 e. The molecule has 0 spiro atoms. The molecule has 4 nitrogen and oxygen atoms in total. The molecular formula is C13H19NO3. The third kappa shape index (κ3) is 3.46. The van der Waals surface area contributed by atoms with Gasteiger partial charge in [-0.1, -0.05) is 32.9 Å². The third-order valence-corrected chi connectivity index (χ3v) is 2.64. The minimum atomic E-state index is -1.02. The molecule has 0 bridgehead atoms. The molecule has 0 aliphatic heterocycles. The van der Waals surface area contributed by atoms with Gasteiger partial charge in [-0.05, 0) is 29.0 Å². The molecule has 0 heterocycles. The third-order valence-electron chi connectivity index (χ3n) is 2.64. The number of hydrogen-bond donors (Lipinski definition) is 3. The van der Waals surface area contributed by atoms with Crippen LogP contribution in [0.25, 0.3) is 0 Å². The lowest BCUT2D eigenvalue weighted by atomic mass is 9.85. The summed E-state index contributed by atoms with van der Waals surface area (Å²) >= 11 is 0. The van der Waals surface area contributed by atoms with Gasteiger partial charge in [0.05, 0.1) is 0 Å². The molecule has 1 aromatic carbocycles. The average molecular weight is 237 g/mol. The second-order valence-corrected chi connectivity index (χ2v) is 5.25. The highest BCUT2D eigenvalue weighted by Crippen LogP contribution is 2.31. The Labute approximate surface area is 101 Å². The van der Waals surface area contributed by atoms with Crippen LogP contribution in [0.15, 0.2) is 18.2 Å². The lowest BCUT2D eigenvalue weighted by Crippen LogP contribution is -2.32. The molecule has 0 aliphatic carbocycles. The molecule has 0 amide bonds. The zero-order valence-corrected chi connectivity index (χ0v) is 10.4. The fourth-order valence-corrected chi connectivity index (χ4v) is 1.65. The predicted molar refractivity (Wildman–Crippen MR) is 66.1 cm³/mol. The van der Waals surface area contributed by atoms with Gasteiger partial charge in [0, 0.05) is 0 Å². The summed E-state index contributed by atoms with van der Waals surface area (Å²) in [6.07, 6.45) is 0.263. The lowest BCUT2D eigenvalue weighted by Gasteiger charge is -2.21. The van der Waals surface area contributed by atoms with E-state index >= 15 is 0 Å². The maximum Gasteiger partial charge on any atom is 0.320 e. The molecule has 0 radical (unpaired) electrons. The van der Waals surface area contributed by atoms with Gasteiger partial charge in [-0.3, -0.25) is 4.79 Å². The van der Waals surface area contributed by atoms with Crippen molar-refractivity contribution < 1.29 is 15.0 Å². The van der Waals surface area contributed by atoms with Gasteiger partial charge in [0.25, 0.3) is 0 Å². The number of phenols is 1. The maximum absolute atomic E-state index is 10.7. The molecule has 94 valence electrons. The molecule has 4 N–H and O–H groups in total. The summed E-state index contributed by atoms with van der Waals surface area (Å²) in [4.78, 5) is 10.7. The highest BCUT2D eigenvalue weighted by Gasteiger charge is 2.19. The van der Waals surface area contributed by atoms with Gasteiger partial charge >= 0.3 is 5.97 Å². The highest BCUT2D eigenvalue weighted by molar-refractivity contribution is 5.73. The van der Waals surface area contributed by atoms with Crippen LogP contribution in [-0.2, 0) is 16.6 Å². The van der Waals surface area contributed by atoms with E-state index in [4.69, 9.17) is 10.8 Å². The molecule has 1 atom stereocenters. The standard InChI is InChI=1S/C13H19NO3/c1-13(2,3)9-6-8(4-5-11(9)15)7-10(14)12(16)17/h4-6,10,15H,7,14H2,1-3H3,(H,16,17). The van der Waals surface area contributed by atoms with E-state index in [1.165, 1.54) is 0 Å². The molecule has 0 aliphatic rings. The molecule has 0 aromatic heterocycles. The number of hydrogen-bond acceptors (Lipinski definition) is 3. The number of phenolic OH excluding ortho intramolecular Hbond substituents is 1. The number of carboxylic acid groups (broad SMARTS) is 1. The zero-order chi connectivity index (χ0) is 13.2. The Balaban J connectivity index is 3.01. The Morgan fingerprint density at radius 1 is 1.41 bits per heavy atom. The SMILES string of the molecule is CC(C)(C)c1cc(CC(N)C(=O)O)ccc1O. The fraction of sp³-hybridized carbons (Fsp3) is 0.462. The van der Waals surface area contributed by atoms with Crippen LogP contribution in [0.5, 0.6) is 5.75 Å². The average Bonchev–Trinajstić information content (AvgIpc) is 2.19. The van der Waals surface area contributed by atoms with Crippen LogP contribution in [-0.4, -0.2) is 22.2 Å². The zero-order valence-electron chi connectivity index (χ0n) is 10.4. The summed E-state index contributed by atoms with van der Waals surface area (Å²) in [6, 6.07) is 4.20. The van der Waals surface area contributed by atoms with E-state index in [-0.39, 0.29) is 17.6 Å². The predicted octanol–water partition coefficient (Wildman–Crippen LogP) is 1.64. The van der Waals surface area contributed by atoms with Crippen molar-refractivity contribution in [2.45, 2.75) is 38.6 Å².